The van der Waals surface area contributed by atoms with E-state index in [2.05, 4.69) is 37.2 Å². The van der Waals surface area contributed by atoms with Gasteiger partial charge in [-0.25, -0.2) is 4.79 Å². The second-order valence-electron chi connectivity index (χ2n) is 13.9. The van der Waals surface area contributed by atoms with Crippen LogP contribution in [0.5, 0.6) is 0 Å². The molecule has 0 fully saturated rings. The molecule has 0 aromatic heterocycles. The van der Waals surface area contributed by atoms with E-state index in [4.69, 9.17) is 11.5 Å². The molecule has 0 unspecified atom stereocenters. The fourth-order valence-electron chi connectivity index (χ4n) is 5.31. The van der Waals surface area contributed by atoms with Gasteiger partial charge in [-0.05, 0) is 23.0 Å². The fourth-order valence-corrected chi connectivity index (χ4v) is 5.31. The number of hydrogen-bond donors (Lipinski definition) is 10. The molecule has 0 bridgehead atoms. The van der Waals surface area contributed by atoms with Crippen LogP contribution in [0, 0.1) is 11.8 Å². The summed E-state index contributed by atoms with van der Waals surface area (Å²) in [5.41, 5.74) is 11.7. The number of amides is 9. The molecule has 0 saturated carbocycles. The molecule has 20 nitrogen and oxygen atoms in total. The molecular weight excluding hydrogens is 770 g/mol. The average Bonchev–Trinajstić information content (AvgIpc) is 3.17. The minimum atomic E-state index is -1.65. The normalized spacial score (nSPS) is 13.5. The maximum atomic E-state index is 13.7. The van der Waals surface area contributed by atoms with E-state index < -0.39 is 115 Å². The van der Waals surface area contributed by atoms with Crippen LogP contribution in [0.4, 0.5) is 0 Å². The van der Waals surface area contributed by atoms with E-state index in [1.165, 1.54) is 12.1 Å². The number of nitrogens with one attached hydrogen (secondary N) is 7. The van der Waals surface area contributed by atoms with Crippen LogP contribution in [0.2, 0.25) is 0 Å². The molecule has 2 aromatic rings. The molecular formula is C39H51N9O11. The zero-order valence-corrected chi connectivity index (χ0v) is 33.0. The van der Waals surface area contributed by atoms with Crippen molar-refractivity contribution in [2.45, 2.75) is 70.7 Å². The first-order chi connectivity index (χ1) is 27.8. The smallest absolute Gasteiger partial charge is 0.326 e. The first kappa shape index (κ1) is 48.0. The van der Waals surface area contributed by atoms with E-state index in [9.17, 15) is 53.1 Å². The van der Waals surface area contributed by atoms with Gasteiger partial charge in [-0.2, -0.15) is 0 Å². The van der Waals surface area contributed by atoms with Crippen LogP contribution < -0.4 is 48.7 Å². The Kier molecular flexibility index (Phi) is 19.4. The lowest BCUT2D eigenvalue weighted by Crippen LogP contribution is -2.58. The van der Waals surface area contributed by atoms with Crippen molar-refractivity contribution in [3.63, 3.8) is 0 Å². The van der Waals surface area contributed by atoms with Gasteiger partial charge in [-0.3, -0.25) is 43.2 Å². The van der Waals surface area contributed by atoms with Crippen molar-refractivity contribution in [2.24, 2.45) is 23.3 Å². The van der Waals surface area contributed by atoms with Crippen molar-refractivity contribution in [1.82, 2.24) is 37.2 Å². The van der Waals surface area contributed by atoms with Crippen LogP contribution in [0.15, 0.2) is 72.8 Å². The van der Waals surface area contributed by atoms with Gasteiger partial charge in [-0.1, -0.05) is 88.4 Å². The van der Waals surface area contributed by atoms with Crippen LogP contribution >= 0.6 is 0 Å². The second-order valence-corrected chi connectivity index (χ2v) is 13.9. The number of carboxylic acid groups (broad SMARTS) is 1. The molecule has 0 aliphatic rings. The zero-order chi connectivity index (χ0) is 44.2. The Labute approximate surface area is 340 Å². The minimum absolute atomic E-state index is 0.00605. The first-order valence-electron chi connectivity index (χ1n) is 18.4. The summed E-state index contributed by atoms with van der Waals surface area (Å²) in [6, 6.07) is 9.82. The number of aliphatic carboxylic acids is 1. The summed E-state index contributed by atoms with van der Waals surface area (Å²) < 4.78 is 0. The van der Waals surface area contributed by atoms with Crippen molar-refractivity contribution < 1.29 is 53.1 Å². The Balaban J connectivity index is 2.04. The molecule has 2 aromatic carbocycles. The second kappa shape index (κ2) is 23.8. The third kappa shape index (κ3) is 17.3. The van der Waals surface area contributed by atoms with Crippen molar-refractivity contribution in [2.75, 3.05) is 13.1 Å². The van der Waals surface area contributed by atoms with Gasteiger partial charge in [0, 0.05) is 18.6 Å². The molecule has 0 saturated heterocycles. The monoisotopic (exact) mass is 821 g/mol. The van der Waals surface area contributed by atoms with Crippen LogP contribution in [0.1, 0.15) is 51.3 Å². The van der Waals surface area contributed by atoms with Gasteiger partial charge in [0.25, 0.3) is 0 Å². The quantitative estimate of drug-likeness (QED) is 0.0526. The van der Waals surface area contributed by atoms with Crippen molar-refractivity contribution >= 4 is 59.1 Å². The molecule has 5 atom stereocenters. The summed E-state index contributed by atoms with van der Waals surface area (Å²) in [4.78, 5) is 125. The summed E-state index contributed by atoms with van der Waals surface area (Å²) in [5.74, 6) is -10.1. The van der Waals surface area contributed by atoms with Crippen molar-refractivity contribution in [3.8, 4) is 0 Å². The highest BCUT2D eigenvalue weighted by atomic mass is 16.4. The summed E-state index contributed by atoms with van der Waals surface area (Å²) in [6.45, 7) is 5.41. The first-order valence-corrected chi connectivity index (χ1v) is 18.4. The number of benzene rings is 2. The average molecular weight is 822 g/mol. The molecule has 0 radical (unpaired) electrons. The summed E-state index contributed by atoms with van der Waals surface area (Å²) in [6.07, 6.45) is 0.695. The summed E-state index contributed by atoms with van der Waals surface area (Å²) in [7, 11) is 0. The van der Waals surface area contributed by atoms with E-state index in [1.54, 1.807) is 76.2 Å². The van der Waals surface area contributed by atoms with E-state index in [1.807, 2.05) is 0 Å². The number of carbonyl (C=O) groups is 10. The number of hydrogen-bond acceptors (Lipinski definition) is 10. The maximum absolute atomic E-state index is 13.7. The summed E-state index contributed by atoms with van der Waals surface area (Å²) in [5, 5.41) is 26.0. The van der Waals surface area contributed by atoms with Gasteiger partial charge in [0.15, 0.2) is 0 Å². The number of carboxylic acids is 1. The predicted octanol–water partition coefficient (Wildman–Crippen LogP) is -2.43. The van der Waals surface area contributed by atoms with Gasteiger partial charge in [0.05, 0.1) is 19.5 Å². The van der Waals surface area contributed by atoms with E-state index in [0.29, 0.717) is 11.6 Å². The molecule has 9 amide bonds. The van der Waals surface area contributed by atoms with Gasteiger partial charge in [0.2, 0.25) is 53.2 Å². The summed E-state index contributed by atoms with van der Waals surface area (Å²) >= 11 is 0. The Hall–Kier alpha value is -7.12. The number of rotatable bonds is 23. The van der Waals surface area contributed by atoms with Crippen molar-refractivity contribution in [3.05, 3.63) is 83.9 Å². The van der Waals surface area contributed by atoms with Crippen LogP contribution in [-0.4, -0.2) is 101 Å². The van der Waals surface area contributed by atoms with E-state index in [-0.39, 0.29) is 17.9 Å². The lowest BCUT2D eigenvalue weighted by molar-refractivity contribution is -0.141. The standard InChI is InChI=1S/C39H51N9O11/c1-21(2)32(35(41)54)46-37(56)33(22(3)4)47-38(57)34(24-13-9-6-10-14-24)48-36(55)25(18-27(40)49)44-29(51)16-15-28(50)42-19-30(52)43-20-31(53)45-26(39(58)59)17-23-11-7-5-8-12-23/h5-16,21-22,25-26,32-34H,17-20H2,1-4H3,(H2,40,49)(H2,41,54)(H,42,50)(H,43,52)(H,44,51)(H,45,53)(H,46,56)(H,47,57)(H,48,55)(H,58,59)/b16-15+/t25-,26-,32-,33-,34-/m0/s1. The van der Waals surface area contributed by atoms with Crippen LogP contribution in [0.3, 0.4) is 0 Å². The Morgan fingerprint density at radius 1 is 0.593 bits per heavy atom. The van der Waals surface area contributed by atoms with Gasteiger partial charge >= 0.3 is 5.97 Å². The molecule has 318 valence electrons. The van der Waals surface area contributed by atoms with Crippen LogP contribution in [0.25, 0.3) is 0 Å². The minimum Gasteiger partial charge on any atom is -0.480 e. The molecule has 0 aliphatic heterocycles. The Morgan fingerprint density at radius 2 is 1.14 bits per heavy atom. The predicted molar refractivity (Wildman–Crippen MR) is 211 cm³/mol. The lowest BCUT2D eigenvalue weighted by atomic mass is 9.98. The highest BCUT2D eigenvalue weighted by Crippen LogP contribution is 2.16. The molecule has 2 rings (SSSR count). The third-order valence-corrected chi connectivity index (χ3v) is 8.41. The number of carbonyl (C=O) groups excluding carboxylic acids is 9. The van der Waals surface area contributed by atoms with E-state index >= 15 is 0 Å². The van der Waals surface area contributed by atoms with Gasteiger partial charge in [0.1, 0.15) is 30.2 Å². The molecule has 20 heteroatoms. The Morgan fingerprint density at radius 3 is 1.68 bits per heavy atom. The lowest BCUT2D eigenvalue weighted by Gasteiger charge is -2.28. The Bertz CT molecular complexity index is 1870. The highest BCUT2D eigenvalue weighted by molar-refractivity contribution is 6.01. The van der Waals surface area contributed by atoms with Gasteiger partial charge < -0.3 is 53.8 Å². The molecule has 0 spiro atoms. The van der Waals surface area contributed by atoms with Crippen LogP contribution in [-0.2, 0) is 54.4 Å². The topological polar surface area (TPSA) is 327 Å². The number of nitrogens with two attached hydrogens (primary N) is 2. The molecule has 12 N–H and O–H groups in total. The molecule has 59 heavy (non-hydrogen) atoms. The SMILES string of the molecule is CC(C)[C@H](NC(=O)[C@@H](NC(=O)[C@@H](NC(=O)[C@H](CC(N)=O)NC(=O)/C=C/C(=O)NCC(=O)NCC(=O)N[C@@H](Cc1ccccc1)C(=O)O)c1ccccc1)C(C)C)C(N)=O. The largest absolute Gasteiger partial charge is 0.480 e. The highest BCUT2D eigenvalue weighted by Gasteiger charge is 2.34. The van der Waals surface area contributed by atoms with E-state index in [0.717, 1.165) is 6.08 Å². The fraction of sp³-hybridized carbons (Fsp3) is 0.385. The molecule has 0 aliphatic carbocycles. The third-order valence-electron chi connectivity index (χ3n) is 8.41. The maximum Gasteiger partial charge on any atom is 0.326 e. The molecule has 0 heterocycles. The zero-order valence-electron chi connectivity index (χ0n) is 33.0. The van der Waals surface area contributed by atoms with Gasteiger partial charge in [-0.15, -0.1) is 0 Å². The van der Waals surface area contributed by atoms with Crippen molar-refractivity contribution in [1.29, 1.82) is 0 Å². The number of primary amides is 2.